The molecule has 8 heteroatoms. The van der Waals surface area contributed by atoms with Gasteiger partial charge in [0, 0.05) is 43.4 Å². The van der Waals surface area contributed by atoms with Gasteiger partial charge in [0.05, 0.1) is 11.6 Å². The molecule has 0 spiro atoms. The number of hydrogen-bond donors (Lipinski definition) is 2. The molecule has 2 aromatic heterocycles. The van der Waals surface area contributed by atoms with Gasteiger partial charge in [0.15, 0.2) is 0 Å². The maximum Gasteiger partial charge on any atom is 0.267 e. The highest BCUT2D eigenvalue weighted by atomic mass is 16.1. The number of aryl methyl sites for hydroxylation is 1. The summed E-state index contributed by atoms with van der Waals surface area (Å²) in [6.45, 7) is 2.60. The minimum atomic E-state index is -0.553. The van der Waals surface area contributed by atoms with Crippen LogP contribution in [0.1, 0.15) is 34.5 Å². The van der Waals surface area contributed by atoms with Crippen LogP contribution in [0.15, 0.2) is 36.7 Å². The van der Waals surface area contributed by atoms with E-state index in [1.165, 1.54) is 11.6 Å². The summed E-state index contributed by atoms with van der Waals surface area (Å²) in [7, 11) is 4.00. The number of benzene rings is 1. The number of unbranched alkanes of at least 4 members (excludes halogenated alkanes) is 1. The average molecular weight is 406 g/mol. The summed E-state index contributed by atoms with van der Waals surface area (Å²) in [5.41, 5.74) is 8.53. The topological polar surface area (TPSA) is 115 Å². The monoisotopic (exact) mass is 405 g/mol. The van der Waals surface area contributed by atoms with Crippen molar-refractivity contribution in [2.45, 2.75) is 19.3 Å². The number of fused-ring (bicyclic) bond motifs is 1. The largest absolute Gasteiger partial charge is 0.364 e. The van der Waals surface area contributed by atoms with Gasteiger partial charge in [-0.15, -0.1) is 0 Å². The molecule has 3 aromatic rings. The lowest BCUT2D eigenvalue weighted by molar-refractivity contribution is 0.0995. The lowest BCUT2D eigenvalue weighted by atomic mass is 10.1. The van der Waals surface area contributed by atoms with E-state index in [-0.39, 0.29) is 5.69 Å². The fourth-order valence-electron chi connectivity index (χ4n) is 3.35. The molecule has 0 saturated carbocycles. The Morgan fingerprint density at radius 1 is 1.20 bits per heavy atom. The van der Waals surface area contributed by atoms with Crippen LogP contribution in [0.25, 0.3) is 10.9 Å². The first-order valence-corrected chi connectivity index (χ1v) is 10.0. The minimum Gasteiger partial charge on any atom is -0.364 e. The molecule has 8 nitrogen and oxygen atoms in total. The highest BCUT2D eigenvalue weighted by Crippen LogP contribution is 2.21. The normalized spacial score (nSPS) is 11.0. The summed E-state index contributed by atoms with van der Waals surface area (Å²) < 4.78 is 0. The van der Waals surface area contributed by atoms with E-state index in [0.717, 1.165) is 49.8 Å². The molecule has 0 atom stereocenters. The van der Waals surface area contributed by atoms with Crippen molar-refractivity contribution in [3.05, 3.63) is 53.5 Å². The highest BCUT2D eigenvalue weighted by Gasteiger charge is 2.10. The number of nitrogens with one attached hydrogen (secondary N) is 1. The van der Waals surface area contributed by atoms with Crippen molar-refractivity contribution in [3.63, 3.8) is 0 Å². The Kier molecular flexibility index (Phi) is 6.99. The number of primary amides is 1. The van der Waals surface area contributed by atoms with E-state index in [9.17, 15) is 4.79 Å². The second kappa shape index (κ2) is 9.85. The Morgan fingerprint density at radius 3 is 2.80 bits per heavy atom. The van der Waals surface area contributed by atoms with Gasteiger partial charge in [-0.25, -0.2) is 9.97 Å². The number of anilines is 1. The first kappa shape index (κ1) is 21.3. The number of rotatable bonds is 10. The standard InChI is InChI=1S/C22H27N7O/c1-28(11-12-29(2)22-25-9-8-20(27-22)21(24)30)10-4-3-5-17-15-26-19-7-6-16(14-23)13-18(17)19/h6-9,13,15,26H,3-5,10-12H2,1-2H3,(H2,24,30). The summed E-state index contributed by atoms with van der Waals surface area (Å²) in [5.74, 6) is -0.0565. The van der Waals surface area contributed by atoms with Gasteiger partial charge in [-0.3, -0.25) is 4.79 Å². The van der Waals surface area contributed by atoms with E-state index in [0.29, 0.717) is 11.5 Å². The number of amides is 1. The predicted molar refractivity (Wildman–Crippen MR) is 117 cm³/mol. The van der Waals surface area contributed by atoms with E-state index in [1.807, 2.05) is 36.3 Å². The lowest BCUT2D eigenvalue weighted by Crippen LogP contribution is -2.32. The fraction of sp³-hybridized carbons (Fsp3) is 0.364. The van der Waals surface area contributed by atoms with E-state index in [1.54, 1.807) is 6.20 Å². The number of nitriles is 1. The average Bonchev–Trinajstić information content (AvgIpc) is 3.17. The molecule has 0 bridgehead atoms. The molecular weight excluding hydrogens is 378 g/mol. The number of aromatic nitrogens is 3. The molecule has 1 aromatic carbocycles. The summed E-state index contributed by atoms with van der Waals surface area (Å²) in [6.07, 6.45) is 6.74. The van der Waals surface area contributed by atoms with Crippen LogP contribution in [0.5, 0.6) is 0 Å². The Labute approximate surface area is 176 Å². The van der Waals surface area contributed by atoms with Crippen molar-refractivity contribution < 1.29 is 4.79 Å². The smallest absolute Gasteiger partial charge is 0.267 e. The van der Waals surface area contributed by atoms with Crippen molar-refractivity contribution in [2.24, 2.45) is 5.73 Å². The van der Waals surface area contributed by atoms with Crippen LogP contribution in [0.4, 0.5) is 5.95 Å². The number of aromatic amines is 1. The van der Waals surface area contributed by atoms with E-state index in [4.69, 9.17) is 11.0 Å². The maximum absolute atomic E-state index is 11.3. The number of carbonyl (C=O) groups excluding carboxylic acids is 1. The van der Waals surface area contributed by atoms with E-state index < -0.39 is 5.91 Å². The van der Waals surface area contributed by atoms with Gasteiger partial charge in [-0.2, -0.15) is 5.26 Å². The van der Waals surface area contributed by atoms with E-state index >= 15 is 0 Å². The zero-order chi connectivity index (χ0) is 21.5. The predicted octanol–water partition coefficient (Wildman–Crippen LogP) is 2.32. The quantitative estimate of drug-likeness (QED) is 0.500. The molecule has 0 saturated heterocycles. The van der Waals surface area contributed by atoms with Crippen LogP contribution in [0.2, 0.25) is 0 Å². The molecule has 0 aliphatic carbocycles. The van der Waals surface area contributed by atoms with Crippen molar-refractivity contribution in [1.82, 2.24) is 19.9 Å². The van der Waals surface area contributed by atoms with Crippen LogP contribution in [0, 0.1) is 11.3 Å². The fourth-order valence-corrected chi connectivity index (χ4v) is 3.35. The number of hydrogen-bond acceptors (Lipinski definition) is 6. The second-order valence-corrected chi connectivity index (χ2v) is 7.47. The molecule has 3 N–H and O–H groups in total. The molecule has 1 amide bonds. The Balaban J connectivity index is 1.42. The molecule has 3 rings (SSSR count). The third-order valence-corrected chi connectivity index (χ3v) is 5.19. The van der Waals surface area contributed by atoms with Gasteiger partial charge in [0.2, 0.25) is 5.95 Å². The second-order valence-electron chi connectivity index (χ2n) is 7.47. The van der Waals surface area contributed by atoms with Gasteiger partial charge in [-0.05, 0) is 62.7 Å². The summed E-state index contributed by atoms with van der Waals surface area (Å²) >= 11 is 0. The van der Waals surface area contributed by atoms with Crippen molar-refractivity contribution in [2.75, 3.05) is 38.6 Å². The van der Waals surface area contributed by atoms with Crippen LogP contribution >= 0.6 is 0 Å². The molecule has 156 valence electrons. The van der Waals surface area contributed by atoms with Crippen molar-refractivity contribution in [1.29, 1.82) is 5.26 Å². The lowest BCUT2D eigenvalue weighted by Gasteiger charge is -2.22. The number of carbonyl (C=O) groups is 1. The number of nitrogens with zero attached hydrogens (tertiary/aromatic N) is 5. The van der Waals surface area contributed by atoms with Crippen LogP contribution in [-0.2, 0) is 6.42 Å². The van der Waals surface area contributed by atoms with Gasteiger partial charge in [-0.1, -0.05) is 0 Å². The first-order chi connectivity index (χ1) is 14.5. The van der Waals surface area contributed by atoms with Crippen LogP contribution < -0.4 is 10.6 Å². The Morgan fingerprint density at radius 2 is 2.03 bits per heavy atom. The Bertz CT molecular complexity index is 1050. The van der Waals surface area contributed by atoms with Gasteiger partial charge >= 0.3 is 0 Å². The molecule has 0 fully saturated rings. The number of likely N-dealkylation sites (N-methyl/N-ethyl adjacent to an activating group) is 2. The summed E-state index contributed by atoms with van der Waals surface area (Å²) in [6, 6.07) is 9.48. The van der Waals surface area contributed by atoms with Crippen LogP contribution in [0.3, 0.4) is 0 Å². The SMILES string of the molecule is CN(CCCCc1c[nH]c2ccc(C#N)cc12)CCN(C)c1nccc(C(N)=O)n1. The molecule has 30 heavy (non-hydrogen) atoms. The summed E-state index contributed by atoms with van der Waals surface area (Å²) in [4.78, 5) is 27.1. The number of nitrogens with two attached hydrogens (primary N) is 1. The Hall–Kier alpha value is -3.44. The molecule has 0 radical (unpaired) electrons. The molecule has 0 unspecified atom stereocenters. The molecule has 2 heterocycles. The molecule has 0 aliphatic rings. The molecule has 0 aliphatic heterocycles. The van der Waals surface area contributed by atoms with Gasteiger partial charge in [0.25, 0.3) is 5.91 Å². The maximum atomic E-state index is 11.3. The minimum absolute atomic E-state index is 0.222. The zero-order valence-electron chi connectivity index (χ0n) is 17.4. The van der Waals surface area contributed by atoms with Crippen LogP contribution in [-0.4, -0.2) is 59.5 Å². The third kappa shape index (κ3) is 5.33. The zero-order valence-corrected chi connectivity index (χ0v) is 17.4. The van der Waals surface area contributed by atoms with E-state index in [2.05, 4.69) is 33.0 Å². The van der Waals surface area contributed by atoms with Gasteiger partial charge < -0.3 is 20.5 Å². The summed E-state index contributed by atoms with van der Waals surface area (Å²) in [5, 5.41) is 10.2. The van der Waals surface area contributed by atoms with Gasteiger partial charge in [0.1, 0.15) is 5.69 Å². The number of H-pyrrole nitrogens is 1. The first-order valence-electron chi connectivity index (χ1n) is 10.0. The van der Waals surface area contributed by atoms with Crippen molar-refractivity contribution in [3.8, 4) is 6.07 Å². The molecular formula is C22H27N7O. The third-order valence-electron chi connectivity index (χ3n) is 5.19. The van der Waals surface area contributed by atoms with Crippen molar-refractivity contribution >= 4 is 22.8 Å². The highest BCUT2D eigenvalue weighted by molar-refractivity contribution is 5.90.